The average Bonchev–Trinajstić information content (AvgIpc) is 3.07. The molecule has 2 amide bonds. The van der Waals surface area contributed by atoms with E-state index in [0.717, 1.165) is 16.8 Å². The van der Waals surface area contributed by atoms with Crippen LogP contribution in [0.5, 0.6) is 0 Å². The maximum absolute atomic E-state index is 12.2. The maximum Gasteiger partial charge on any atom is 0.346 e. The molecule has 1 aromatic heterocycles. The molecule has 0 unspecified atom stereocenters. The molecule has 8 heteroatoms. The summed E-state index contributed by atoms with van der Waals surface area (Å²) in [5.41, 5.74) is 1.01. The summed E-state index contributed by atoms with van der Waals surface area (Å²) in [6.45, 7) is 2.23. The van der Waals surface area contributed by atoms with Gasteiger partial charge in [0.15, 0.2) is 0 Å². The zero-order chi connectivity index (χ0) is 17.3. The van der Waals surface area contributed by atoms with Gasteiger partial charge in [-0.3, -0.25) is 14.2 Å². The van der Waals surface area contributed by atoms with Crippen molar-refractivity contribution in [1.29, 1.82) is 0 Å². The molecule has 0 atom stereocenters. The highest BCUT2D eigenvalue weighted by Crippen LogP contribution is 2.24. The number of amides is 2. The topological polar surface area (TPSA) is 89.2 Å². The third-order valence-electron chi connectivity index (χ3n) is 4.07. The third-order valence-corrected chi connectivity index (χ3v) is 4.07. The number of benzene rings is 1. The van der Waals surface area contributed by atoms with Crippen molar-refractivity contribution in [2.45, 2.75) is 26.3 Å². The highest BCUT2D eigenvalue weighted by atomic mass is 16.2. The molecule has 1 aromatic carbocycles. The van der Waals surface area contributed by atoms with E-state index in [9.17, 15) is 14.4 Å². The zero-order valence-electron chi connectivity index (χ0n) is 13.7. The Balaban J connectivity index is 1.71. The van der Waals surface area contributed by atoms with Crippen molar-refractivity contribution >= 4 is 23.2 Å². The normalized spacial score (nSPS) is 14.2. The van der Waals surface area contributed by atoms with Gasteiger partial charge >= 0.3 is 5.69 Å². The first-order chi connectivity index (χ1) is 11.5. The van der Waals surface area contributed by atoms with Gasteiger partial charge in [-0.1, -0.05) is 6.07 Å². The number of rotatable bonds is 4. The van der Waals surface area contributed by atoms with Gasteiger partial charge in [0.1, 0.15) is 12.4 Å². The van der Waals surface area contributed by atoms with Gasteiger partial charge in [0.25, 0.3) is 0 Å². The van der Waals surface area contributed by atoms with E-state index >= 15 is 0 Å². The Morgan fingerprint density at radius 1 is 1.33 bits per heavy atom. The molecule has 2 heterocycles. The smallest absolute Gasteiger partial charge is 0.324 e. The van der Waals surface area contributed by atoms with E-state index < -0.39 is 0 Å². The standard InChI is InChI=1S/C16H19N5O3/c1-11-18-21(16(24)19(11)2)10-14(22)17-12-5-3-6-13(9-12)20-8-4-7-15(20)23/h3,5-6,9H,4,7-8,10H2,1-2H3,(H,17,22). The van der Waals surface area contributed by atoms with Crippen LogP contribution < -0.4 is 15.9 Å². The van der Waals surface area contributed by atoms with E-state index in [0.29, 0.717) is 24.5 Å². The molecule has 3 rings (SSSR count). The number of hydrogen-bond acceptors (Lipinski definition) is 4. The van der Waals surface area contributed by atoms with Gasteiger partial charge in [-0.25, -0.2) is 9.48 Å². The molecule has 0 aliphatic carbocycles. The SMILES string of the molecule is Cc1nn(CC(=O)Nc2cccc(N3CCCC3=O)c2)c(=O)n1C. The van der Waals surface area contributed by atoms with Crippen molar-refractivity contribution in [3.8, 4) is 0 Å². The van der Waals surface area contributed by atoms with Crippen molar-refractivity contribution in [2.75, 3.05) is 16.8 Å². The monoisotopic (exact) mass is 329 g/mol. The number of aromatic nitrogens is 3. The summed E-state index contributed by atoms with van der Waals surface area (Å²) in [4.78, 5) is 37.6. The minimum absolute atomic E-state index is 0.0917. The molecular weight excluding hydrogens is 310 g/mol. The largest absolute Gasteiger partial charge is 0.346 e. The summed E-state index contributed by atoms with van der Waals surface area (Å²) in [6, 6.07) is 7.13. The molecule has 0 spiro atoms. The maximum atomic E-state index is 12.2. The van der Waals surface area contributed by atoms with Crippen LogP contribution in [0.1, 0.15) is 18.7 Å². The van der Waals surface area contributed by atoms with Crippen molar-refractivity contribution in [2.24, 2.45) is 7.05 Å². The van der Waals surface area contributed by atoms with Crippen LogP contribution in [0.4, 0.5) is 11.4 Å². The quantitative estimate of drug-likeness (QED) is 0.892. The van der Waals surface area contributed by atoms with Crippen molar-refractivity contribution in [3.63, 3.8) is 0 Å². The minimum Gasteiger partial charge on any atom is -0.324 e. The van der Waals surface area contributed by atoms with Gasteiger partial charge in [0.05, 0.1) is 0 Å². The van der Waals surface area contributed by atoms with Gasteiger partial charge in [0, 0.05) is 31.4 Å². The van der Waals surface area contributed by atoms with Crippen LogP contribution in [0.2, 0.25) is 0 Å². The van der Waals surface area contributed by atoms with Gasteiger partial charge < -0.3 is 10.2 Å². The summed E-state index contributed by atoms with van der Waals surface area (Å²) in [6.07, 6.45) is 1.40. The zero-order valence-corrected chi connectivity index (χ0v) is 13.7. The lowest BCUT2D eigenvalue weighted by atomic mass is 10.2. The average molecular weight is 329 g/mol. The first kappa shape index (κ1) is 16.0. The van der Waals surface area contributed by atoms with E-state index in [1.807, 2.05) is 6.07 Å². The van der Waals surface area contributed by atoms with Gasteiger partial charge in [-0.2, -0.15) is 5.10 Å². The van der Waals surface area contributed by atoms with E-state index in [1.165, 1.54) is 4.57 Å². The summed E-state index contributed by atoms with van der Waals surface area (Å²) in [5, 5.41) is 6.77. The van der Waals surface area contributed by atoms with Crippen LogP contribution in [-0.2, 0) is 23.2 Å². The van der Waals surface area contributed by atoms with Crippen LogP contribution in [0.15, 0.2) is 29.1 Å². The number of anilines is 2. The Labute approximate surface area is 138 Å². The van der Waals surface area contributed by atoms with E-state index in [2.05, 4.69) is 10.4 Å². The molecule has 0 bridgehead atoms. The number of nitrogens with zero attached hydrogens (tertiary/aromatic N) is 4. The number of hydrogen-bond donors (Lipinski definition) is 1. The lowest BCUT2D eigenvalue weighted by Gasteiger charge is -2.16. The molecule has 0 radical (unpaired) electrons. The van der Waals surface area contributed by atoms with Crippen LogP contribution in [0, 0.1) is 6.92 Å². The second-order valence-corrected chi connectivity index (χ2v) is 5.79. The molecule has 126 valence electrons. The lowest BCUT2D eigenvalue weighted by Crippen LogP contribution is -2.29. The predicted molar refractivity (Wildman–Crippen MR) is 88.9 cm³/mol. The number of carbonyl (C=O) groups excluding carboxylic acids is 2. The molecule has 2 aromatic rings. The first-order valence-electron chi connectivity index (χ1n) is 7.76. The predicted octanol–water partition coefficient (Wildman–Crippen LogP) is 0.656. The summed E-state index contributed by atoms with van der Waals surface area (Å²) < 4.78 is 2.51. The van der Waals surface area contributed by atoms with E-state index in [1.54, 1.807) is 37.1 Å². The fourth-order valence-electron chi connectivity index (χ4n) is 2.71. The fourth-order valence-corrected chi connectivity index (χ4v) is 2.71. The molecular formula is C16H19N5O3. The van der Waals surface area contributed by atoms with Gasteiger partial charge in [-0.05, 0) is 31.5 Å². The Morgan fingerprint density at radius 3 is 2.75 bits per heavy atom. The Bertz CT molecular complexity index is 852. The number of nitrogens with one attached hydrogen (secondary N) is 1. The van der Waals surface area contributed by atoms with Gasteiger partial charge in [0.2, 0.25) is 11.8 Å². The summed E-state index contributed by atoms with van der Waals surface area (Å²) in [5.74, 6) is 0.288. The second kappa shape index (κ2) is 6.31. The van der Waals surface area contributed by atoms with Crippen molar-refractivity contribution < 1.29 is 9.59 Å². The molecule has 24 heavy (non-hydrogen) atoms. The highest BCUT2D eigenvalue weighted by molar-refractivity contribution is 5.97. The number of aryl methyl sites for hydroxylation is 1. The minimum atomic E-state index is -0.347. The third kappa shape index (κ3) is 3.08. The molecule has 1 aliphatic heterocycles. The Hall–Kier alpha value is -2.90. The van der Waals surface area contributed by atoms with E-state index in [-0.39, 0.29) is 24.0 Å². The first-order valence-corrected chi connectivity index (χ1v) is 7.76. The second-order valence-electron chi connectivity index (χ2n) is 5.79. The molecule has 1 N–H and O–H groups in total. The van der Waals surface area contributed by atoms with E-state index in [4.69, 9.17) is 0 Å². The lowest BCUT2D eigenvalue weighted by molar-refractivity contribution is -0.117. The Morgan fingerprint density at radius 2 is 2.12 bits per heavy atom. The molecule has 0 saturated carbocycles. The molecule has 1 fully saturated rings. The molecule has 1 saturated heterocycles. The molecule has 1 aliphatic rings. The molecule has 8 nitrogen and oxygen atoms in total. The van der Waals surface area contributed by atoms with Crippen LogP contribution in [-0.4, -0.2) is 32.7 Å². The highest BCUT2D eigenvalue weighted by Gasteiger charge is 2.21. The Kier molecular flexibility index (Phi) is 4.20. The van der Waals surface area contributed by atoms with Crippen LogP contribution in [0.3, 0.4) is 0 Å². The fraction of sp³-hybridized carbons (Fsp3) is 0.375. The van der Waals surface area contributed by atoms with Crippen molar-refractivity contribution in [1.82, 2.24) is 14.3 Å². The van der Waals surface area contributed by atoms with Crippen molar-refractivity contribution in [3.05, 3.63) is 40.6 Å². The summed E-state index contributed by atoms with van der Waals surface area (Å²) >= 11 is 0. The summed E-state index contributed by atoms with van der Waals surface area (Å²) in [7, 11) is 1.61. The van der Waals surface area contributed by atoms with Gasteiger partial charge in [-0.15, -0.1) is 0 Å². The van der Waals surface area contributed by atoms with Crippen LogP contribution >= 0.6 is 0 Å². The number of carbonyl (C=O) groups is 2. The van der Waals surface area contributed by atoms with Crippen LogP contribution in [0.25, 0.3) is 0 Å².